The molecular formula is C20H39NOS. The van der Waals surface area contributed by atoms with Gasteiger partial charge in [-0.3, -0.25) is 0 Å². The second-order valence-corrected chi connectivity index (χ2v) is 8.50. The molecule has 1 aliphatic carbocycles. The molecule has 23 heavy (non-hydrogen) atoms. The van der Waals surface area contributed by atoms with Crippen LogP contribution in [-0.4, -0.2) is 24.5 Å². The molecule has 0 aromatic carbocycles. The van der Waals surface area contributed by atoms with E-state index in [1.54, 1.807) is 0 Å². The number of hydrogen-bond donors (Lipinski definition) is 2. The highest BCUT2D eigenvalue weighted by atomic mass is 32.1. The summed E-state index contributed by atoms with van der Waals surface area (Å²) in [5, 5.41) is 0. The Hall–Kier alpha value is 0.270. The third-order valence-electron chi connectivity index (χ3n) is 6.31. The third kappa shape index (κ3) is 6.96. The van der Waals surface area contributed by atoms with Gasteiger partial charge >= 0.3 is 0 Å². The molecule has 136 valence electrons. The molecule has 1 saturated heterocycles. The summed E-state index contributed by atoms with van der Waals surface area (Å²) in [7, 11) is 0. The smallest absolute Gasteiger partial charge is 0.0469 e. The molecule has 0 bridgehead atoms. The molecule has 1 saturated carbocycles. The number of hydrogen-bond acceptors (Lipinski definition) is 3. The molecule has 0 aromatic heterocycles. The predicted octanol–water partition coefficient (Wildman–Crippen LogP) is 5.35. The molecule has 1 aliphatic heterocycles. The van der Waals surface area contributed by atoms with Crippen LogP contribution in [0.15, 0.2) is 0 Å². The van der Waals surface area contributed by atoms with Crippen molar-refractivity contribution >= 4 is 12.6 Å². The Bertz CT molecular complexity index is 300. The molecule has 0 amide bonds. The fourth-order valence-electron chi connectivity index (χ4n) is 4.73. The number of rotatable bonds is 10. The monoisotopic (exact) mass is 341 g/mol. The zero-order chi connectivity index (χ0) is 16.4. The molecule has 3 heteroatoms. The van der Waals surface area contributed by atoms with E-state index in [9.17, 15) is 0 Å². The van der Waals surface area contributed by atoms with Crippen LogP contribution >= 0.6 is 12.6 Å². The van der Waals surface area contributed by atoms with E-state index in [0.717, 1.165) is 24.9 Å². The zero-order valence-electron chi connectivity index (χ0n) is 15.1. The van der Waals surface area contributed by atoms with Crippen molar-refractivity contribution in [3.63, 3.8) is 0 Å². The summed E-state index contributed by atoms with van der Waals surface area (Å²) < 4.78 is 5.56. The van der Waals surface area contributed by atoms with Crippen LogP contribution in [0.4, 0.5) is 0 Å². The fourth-order valence-corrected chi connectivity index (χ4v) is 4.96. The van der Waals surface area contributed by atoms with E-state index in [4.69, 9.17) is 10.5 Å². The van der Waals surface area contributed by atoms with Crippen LogP contribution in [0.3, 0.4) is 0 Å². The first kappa shape index (κ1) is 19.6. The van der Waals surface area contributed by atoms with E-state index < -0.39 is 0 Å². The molecule has 1 unspecified atom stereocenters. The quantitative estimate of drug-likeness (QED) is 0.415. The van der Waals surface area contributed by atoms with E-state index in [-0.39, 0.29) is 5.54 Å². The van der Waals surface area contributed by atoms with E-state index in [2.05, 4.69) is 12.6 Å². The van der Waals surface area contributed by atoms with Gasteiger partial charge in [0.15, 0.2) is 0 Å². The summed E-state index contributed by atoms with van der Waals surface area (Å²) in [4.78, 5) is 0. The lowest BCUT2D eigenvalue weighted by Gasteiger charge is -2.40. The Morgan fingerprint density at radius 2 is 1.52 bits per heavy atom. The van der Waals surface area contributed by atoms with Gasteiger partial charge < -0.3 is 10.5 Å². The normalized spacial score (nSPS) is 23.7. The molecule has 1 atom stereocenters. The van der Waals surface area contributed by atoms with Gasteiger partial charge in [0.1, 0.15) is 0 Å². The maximum atomic E-state index is 6.95. The van der Waals surface area contributed by atoms with Gasteiger partial charge in [-0.1, -0.05) is 57.8 Å². The van der Waals surface area contributed by atoms with Crippen molar-refractivity contribution in [3.05, 3.63) is 0 Å². The lowest BCUT2D eigenvalue weighted by atomic mass is 9.73. The van der Waals surface area contributed by atoms with Gasteiger partial charge in [0, 0.05) is 18.8 Å². The molecule has 0 aromatic rings. The first-order valence-corrected chi connectivity index (χ1v) is 10.9. The maximum Gasteiger partial charge on any atom is 0.0469 e. The van der Waals surface area contributed by atoms with E-state index >= 15 is 0 Å². The zero-order valence-corrected chi connectivity index (χ0v) is 16.0. The summed E-state index contributed by atoms with van der Waals surface area (Å²) in [6, 6.07) is 0. The van der Waals surface area contributed by atoms with Gasteiger partial charge in [0.05, 0.1) is 0 Å². The SMILES string of the molecule is NC(CCCCS)(CCCCC1CCCCC1)C1CCOCC1. The van der Waals surface area contributed by atoms with E-state index in [1.807, 2.05) is 0 Å². The Morgan fingerprint density at radius 3 is 2.17 bits per heavy atom. The summed E-state index contributed by atoms with van der Waals surface area (Å²) in [5.74, 6) is 2.68. The third-order valence-corrected chi connectivity index (χ3v) is 6.63. The maximum absolute atomic E-state index is 6.95. The molecule has 0 spiro atoms. The Labute approximate surface area is 149 Å². The minimum Gasteiger partial charge on any atom is -0.381 e. The lowest BCUT2D eigenvalue weighted by molar-refractivity contribution is 0.0323. The molecule has 0 radical (unpaired) electrons. The minimum atomic E-state index is 0.0549. The van der Waals surface area contributed by atoms with Gasteiger partial charge in [-0.05, 0) is 49.7 Å². The number of unbranched alkanes of at least 4 members (excludes halogenated alkanes) is 2. The highest BCUT2D eigenvalue weighted by molar-refractivity contribution is 7.80. The lowest BCUT2D eigenvalue weighted by Crippen LogP contribution is -2.49. The van der Waals surface area contributed by atoms with Crippen LogP contribution in [0, 0.1) is 11.8 Å². The Kier molecular flexibility index (Phi) is 9.37. The van der Waals surface area contributed by atoms with Crippen LogP contribution in [0.25, 0.3) is 0 Å². The van der Waals surface area contributed by atoms with Gasteiger partial charge in [0.2, 0.25) is 0 Å². The van der Waals surface area contributed by atoms with Crippen molar-refractivity contribution in [2.75, 3.05) is 19.0 Å². The van der Waals surface area contributed by atoms with Crippen molar-refractivity contribution in [3.8, 4) is 0 Å². The number of nitrogens with two attached hydrogens (primary N) is 1. The van der Waals surface area contributed by atoms with Crippen molar-refractivity contribution < 1.29 is 4.74 Å². The predicted molar refractivity (Wildman–Crippen MR) is 103 cm³/mol. The number of ether oxygens (including phenoxy) is 1. The van der Waals surface area contributed by atoms with Crippen LogP contribution in [0.2, 0.25) is 0 Å². The molecule has 2 rings (SSSR count). The topological polar surface area (TPSA) is 35.2 Å². The molecule has 2 N–H and O–H groups in total. The standard InChI is InChI=1S/C20H39NOS/c21-20(14-6-7-17-23,19-11-15-22-16-12-19)13-5-4-10-18-8-2-1-3-9-18/h18-19,23H,1-17,21H2. The van der Waals surface area contributed by atoms with Crippen LogP contribution in [-0.2, 0) is 4.74 Å². The highest BCUT2D eigenvalue weighted by Crippen LogP contribution is 2.35. The first-order chi connectivity index (χ1) is 11.2. The minimum absolute atomic E-state index is 0.0549. The van der Waals surface area contributed by atoms with Gasteiger partial charge in [-0.25, -0.2) is 0 Å². The van der Waals surface area contributed by atoms with Gasteiger partial charge in [-0.2, -0.15) is 12.6 Å². The Morgan fingerprint density at radius 1 is 0.870 bits per heavy atom. The summed E-state index contributed by atoms with van der Waals surface area (Å²) in [5.41, 5.74) is 7.01. The number of thiol groups is 1. The largest absolute Gasteiger partial charge is 0.381 e. The van der Waals surface area contributed by atoms with Crippen molar-refractivity contribution in [2.45, 2.75) is 95.4 Å². The second kappa shape index (κ2) is 11.0. The van der Waals surface area contributed by atoms with E-state index in [0.29, 0.717) is 5.92 Å². The summed E-state index contributed by atoms with van der Waals surface area (Å²) >= 11 is 4.36. The molecule has 2 nitrogen and oxygen atoms in total. The average Bonchev–Trinajstić information content (AvgIpc) is 2.61. The molecule has 2 fully saturated rings. The van der Waals surface area contributed by atoms with Crippen LogP contribution in [0.5, 0.6) is 0 Å². The van der Waals surface area contributed by atoms with E-state index in [1.165, 1.54) is 89.9 Å². The van der Waals surface area contributed by atoms with Crippen LogP contribution in [0.1, 0.15) is 89.9 Å². The van der Waals surface area contributed by atoms with Crippen LogP contribution < -0.4 is 5.73 Å². The first-order valence-electron chi connectivity index (χ1n) is 10.2. The van der Waals surface area contributed by atoms with Crippen molar-refractivity contribution in [1.82, 2.24) is 0 Å². The molecular weight excluding hydrogens is 302 g/mol. The van der Waals surface area contributed by atoms with Crippen molar-refractivity contribution in [1.29, 1.82) is 0 Å². The fraction of sp³-hybridized carbons (Fsp3) is 1.00. The molecule has 1 heterocycles. The van der Waals surface area contributed by atoms with Gasteiger partial charge in [0.25, 0.3) is 0 Å². The van der Waals surface area contributed by atoms with Crippen molar-refractivity contribution in [2.24, 2.45) is 17.6 Å². The molecule has 2 aliphatic rings. The summed E-state index contributed by atoms with van der Waals surface area (Å²) in [6.07, 6.45) is 18.7. The second-order valence-electron chi connectivity index (χ2n) is 8.05. The average molecular weight is 342 g/mol. The van der Waals surface area contributed by atoms with Gasteiger partial charge in [-0.15, -0.1) is 0 Å². The summed E-state index contributed by atoms with van der Waals surface area (Å²) in [6.45, 7) is 1.83. The Balaban J connectivity index is 1.73. The highest BCUT2D eigenvalue weighted by Gasteiger charge is 2.34.